The Morgan fingerprint density at radius 2 is 1.63 bits per heavy atom. The summed E-state index contributed by atoms with van der Waals surface area (Å²) >= 11 is 0. The molecule has 0 bridgehead atoms. The van der Waals surface area contributed by atoms with Crippen LogP contribution in [0, 0.1) is 5.82 Å². The van der Waals surface area contributed by atoms with Crippen molar-refractivity contribution in [1.82, 2.24) is 4.90 Å². The highest BCUT2D eigenvalue weighted by molar-refractivity contribution is 5.94. The summed E-state index contributed by atoms with van der Waals surface area (Å²) in [7, 11) is 1.41. The monoisotopic (exact) mass is 416 g/mol. The minimum atomic E-state index is -0.694. The molecule has 0 aliphatic rings. The third-order valence-electron chi connectivity index (χ3n) is 4.19. The first-order valence-electron chi connectivity index (χ1n) is 9.42. The Hall–Kier alpha value is -3.42. The SMILES string of the molecule is CC(C)c1ccc(OCC(=O)OCC(=O)N(C)CC(=O)Nc2ccc(F)cc2)cc1. The van der Waals surface area contributed by atoms with Crippen LogP contribution in [0.1, 0.15) is 25.3 Å². The Morgan fingerprint density at radius 1 is 1.00 bits per heavy atom. The Bertz CT molecular complexity index is 866. The van der Waals surface area contributed by atoms with Gasteiger partial charge in [-0.05, 0) is 47.9 Å². The van der Waals surface area contributed by atoms with Crippen molar-refractivity contribution in [2.45, 2.75) is 19.8 Å². The van der Waals surface area contributed by atoms with Gasteiger partial charge in [0.25, 0.3) is 5.91 Å². The number of nitrogens with zero attached hydrogens (tertiary/aromatic N) is 1. The molecular formula is C22H25FN2O5. The quantitative estimate of drug-likeness (QED) is 0.636. The number of likely N-dealkylation sites (N-methyl/N-ethyl adjacent to an activating group) is 1. The van der Waals surface area contributed by atoms with Crippen molar-refractivity contribution in [3.63, 3.8) is 0 Å². The first-order valence-corrected chi connectivity index (χ1v) is 9.42. The third-order valence-corrected chi connectivity index (χ3v) is 4.19. The highest BCUT2D eigenvalue weighted by Crippen LogP contribution is 2.18. The van der Waals surface area contributed by atoms with Crippen LogP contribution in [-0.2, 0) is 19.1 Å². The molecule has 2 aromatic rings. The first kappa shape index (κ1) is 22.9. The van der Waals surface area contributed by atoms with Crippen LogP contribution in [0.4, 0.5) is 10.1 Å². The molecule has 30 heavy (non-hydrogen) atoms. The van der Waals surface area contributed by atoms with Crippen LogP contribution in [0.2, 0.25) is 0 Å². The smallest absolute Gasteiger partial charge is 0.344 e. The van der Waals surface area contributed by atoms with Crippen LogP contribution >= 0.6 is 0 Å². The van der Waals surface area contributed by atoms with Gasteiger partial charge in [-0.15, -0.1) is 0 Å². The topological polar surface area (TPSA) is 84.9 Å². The van der Waals surface area contributed by atoms with E-state index in [4.69, 9.17) is 9.47 Å². The molecule has 0 aliphatic carbocycles. The second kappa shape index (κ2) is 10.9. The lowest BCUT2D eigenvalue weighted by Gasteiger charge is -2.17. The summed E-state index contributed by atoms with van der Waals surface area (Å²) in [6.07, 6.45) is 0. The molecule has 0 aliphatic heterocycles. The van der Waals surface area contributed by atoms with Crippen LogP contribution in [0.5, 0.6) is 5.75 Å². The molecule has 0 unspecified atom stereocenters. The van der Waals surface area contributed by atoms with Gasteiger partial charge in [-0.3, -0.25) is 9.59 Å². The number of ether oxygens (including phenoxy) is 2. The van der Waals surface area contributed by atoms with Gasteiger partial charge >= 0.3 is 5.97 Å². The fraction of sp³-hybridized carbons (Fsp3) is 0.318. The second-order valence-electron chi connectivity index (χ2n) is 6.98. The van der Waals surface area contributed by atoms with Gasteiger partial charge in [0.15, 0.2) is 13.2 Å². The lowest BCUT2D eigenvalue weighted by molar-refractivity contribution is -0.153. The summed E-state index contributed by atoms with van der Waals surface area (Å²) in [5, 5.41) is 2.54. The van der Waals surface area contributed by atoms with E-state index >= 15 is 0 Å². The number of hydrogen-bond donors (Lipinski definition) is 1. The van der Waals surface area contributed by atoms with E-state index in [9.17, 15) is 18.8 Å². The Balaban J connectivity index is 1.69. The number of nitrogens with one attached hydrogen (secondary N) is 1. The average molecular weight is 416 g/mol. The number of hydrogen-bond acceptors (Lipinski definition) is 5. The van der Waals surface area contributed by atoms with Gasteiger partial charge in [0, 0.05) is 12.7 Å². The van der Waals surface area contributed by atoms with Crippen LogP contribution in [0.25, 0.3) is 0 Å². The zero-order chi connectivity index (χ0) is 22.1. The zero-order valence-electron chi connectivity index (χ0n) is 17.2. The molecule has 1 N–H and O–H groups in total. The maximum atomic E-state index is 12.9. The fourth-order valence-electron chi connectivity index (χ4n) is 2.42. The lowest BCUT2D eigenvalue weighted by atomic mass is 10.0. The van der Waals surface area contributed by atoms with E-state index in [1.165, 1.54) is 31.3 Å². The van der Waals surface area contributed by atoms with Crippen LogP contribution < -0.4 is 10.1 Å². The number of carbonyl (C=O) groups excluding carboxylic acids is 3. The molecule has 2 rings (SSSR count). The van der Waals surface area contributed by atoms with Crippen molar-refractivity contribution in [3.8, 4) is 5.75 Å². The van der Waals surface area contributed by atoms with Crippen molar-refractivity contribution in [2.75, 3.05) is 32.1 Å². The van der Waals surface area contributed by atoms with E-state index < -0.39 is 30.2 Å². The van der Waals surface area contributed by atoms with Gasteiger partial charge in [0.1, 0.15) is 11.6 Å². The predicted octanol–water partition coefficient (Wildman–Crippen LogP) is 2.97. The average Bonchev–Trinajstić information content (AvgIpc) is 2.72. The van der Waals surface area contributed by atoms with E-state index in [-0.39, 0.29) is 13.2 Å². The first-order chi connectivity index (χ1) is 14.2. The molecule has 0 spiro atoms. The molecule has 7 nitrogen and oxygen atoms in total. The van der Waals surface area contributed by atoms with Crippen LogP contribution in [0.15, 0.2) is 48.5 Å². The molecule has 160 valence electrons. The number of amides is 2. The molecule has 2 aromatic carbocycles. The van der Waals surface area contributed by atoms with Crippen LogP contribution in [0.3, 0.4) is 0 Å². The molecule has 0 atom stereocenters. The van der Waals surface area contributed by atoms with Crippen molar-refractivity contribution in [1.29, 1.82) is 0 Å². The Labute approximate surface area is 174 Å². The van der Waals surface area contributed by atoms with Gasteiger partial charge in [-0.2, -0.15) is 0 Å². The zero-order valence-corrected chi connectivity index (χ0v) is 17.2. The summed E-state index contributed by atoms with van der Waals surface area (Å²) in [6, 6.07) is 12.6. The van der Waals surface area contributed by atoms with Gasteiger partial charge in [-0.1, -0.05) is 26.0 Å². The van der Waals surface area contributed by atoms with Gasteiger partial charge in [0.05, 0.1) is 6.54 Å². The highest BCUT2D eigenvalue weighted by atomic mass is 19.1. The van der Waals surface area contributed by atoms with Gasteiger partial charge < -0.3 is 19.7 Å². The van der Waals surface area contributed by atoms with E-state index in [2.05, 4.69) is 19.2 Å². The summed E-state index contributed by atoms with van der Waals surface area (Å²) in [5.74, 6) is -1.20. The largest absolute Gasteiger partial charge is 0.482 e. The van der Waals surface area contributed by atoms with Crippen molar-refractivity contribution >= 4 is 23.5 Å². The maximum absolute atomic E-state index is 12.9. The van der Waals surface area contributed by atoms with Crippen LogP contribution in [-0.4, -0.2) is 49.5 Å². The van der Waals surface area contributed by atoms with Gasteiger partial charge in [-0.25, -0.2) is 9.18 Å². The lowest BCUT2D eigenvalue weighted by Crippen LogP contribution is -2.37. The second-order valence-corrected chi connectivity index (χ2v) is 6.98. The summed E-state index contributed by atoms with van der Waals surface area (Å²) in [6.45, 7) is 3.08. The molecule has 0 radical (unpaired) electrons. The summed E-state index contributed by atoms with van der Waals surface area (Å²) in [4.78, 5) is 36.9. The number of esters is 1. The fourth-order valence-corrected chi connectivity index (χ4v) is 2.42. The van der Waals surface area contributed by atoms with E-state index in [1.54, 1.807) is 12.1 Å². The molecule has 8 heteroatoms. The van der Waals surface area contributed by atoms with E-state index in [0.717, 1.165) is 10.5 Å². The van der Waals surface area contributed by atoms with E-state index in [1.807, 2.05) is 12.1 Å². The van der Waals surface area contributed by atoms with Gasteiger partial charge in [0.2, 0.25) is 5.91 Å². The molecule has 2 amide bonds. The predicted molar refractivity (Wildman–Crippen MR) is 110 cm³/mol. The molecule has 0 saturated carbocycles. The number of rotatable bonds is 9. The maximum Gasteiger partial charge on any atom is 0.344 e. The number of benzene rings is 2. The summed E-state index contributed by atoms with van der Waals surface area (Å²) in [5.41, 5.74) is 1.56. The molecular weight excluding hydrogens is 391 g/mol. The van der Waals surface area contributed by atoms with Crippen molar-refractivity contribution in [2.24, 2.45) is 0 Å². The molecule has 0 fully saturated rings. The number of carbonyl (C=O) groups is 3. The minimum Gasteiger partial charge on any atom is -0.482 e. The number of anilines is 1. The summed E-state index contributed by atoms with van der Waals surface area (Å²) < 4.78 is 23.1. The van der Waals surface area contributed by atoms with Crippen molar-refractivity contribution < 1.29 is 28.2 Å². The van der Waals surface area contributed by atoms with Crippen molar-refractivity contribution in [3.05, 3.63) is 59.9 Å². The molecule has 0 saturated heterocycles. The van der Waals surface area contributed by atoms with E-state index in [0.29, 0.717) is 17.4 Å². The third kappa shape index (κ3) is 7.54. The minimum absolute atomic E-state index is 0.244. The molecule has 0 aromatic heterocycles. The molecule has 0 heterocycles. The standard InChI is InChI=1S/C22H25FN2O5/c1-15(2)16-4-10-19(11-5-16)29-14-22(28)30-13-21(27)25(3)12-20(26)24-18-8-6-17(23)7-9-18/h4-11,15H,12-14H2,1-3H3,(H,24,26). The highest BCUT2D eigenvalue weighted by Gasteiger charge is 2.15. The Morgan fingerprint density at radius 3 is 2.23 bits per heavy atom. The normalized spacial score (nSPS) is 10.4. The number of halogens is 1. The Kier molecular flexibility index (Phi) is 8.34.